The van der Waals surface area contributed by atoms with E-state index in [1.165, 1.54) is 0 Å². The number of nitrogens with zero attached hydrogens (tertiary/aromatic N) is 3. The molecule has 2 N–H and O–H groups in total. The Kier molecular flexibility index (Phi) is 2.89. The van der Waals surface area contributed by atoms with Crippen LogP contribution in [0, 0.1) is 5.92 Å². The van der Waals surface area contributed by atoms with Crippen molar-refractivity contribution in [1.29, 1.82) is 0 Å². The van der Waals surface area contributed by atoms with Crippen LogP contribution in [0.2, 0.25) is 0 Å². The molecule has 5 heteroatoms. The molecule has 5 nitrogen and oxygen atoms in total. The second-order valence-corrected chi connectivity index (χ2v) is 5.30. The van der Waals surface area contributed by atoms with Crippen molar-refractivity contribution in [3.8, 4) is 0 Å². The minimum Gasteiger partial charge on any atom is -0.382 e. The highest BCUT2D eigenvalue weighted by atomic mass is 16.1. The lowest BCUT2D eigenvalue weighted by Gasteiger charge is -2.10. The van der Waals surface area contributed by atoms with Crippen LogP contribution in [0.25, 0.3) is 21.9 Å². The Bertz CT molecular complexity index is 804. The van der Waals surface area contributed by atoms with E-state index >= 15 is 0 Å². The Balaban J connectivity index is 2.48. The lowest BCUT2D eigenvalue weighted by atomic mass is 10.1. The Hall–Kier alpha value is -2.43. The molecule has 20 heavy (non-hydrogen) atoms. The maximum atomic E-state index is 11.3. The van der Waals surface area contributed by atoms with Crippen LogP contribution in [0.15, 0.2) is 24.3 Å². The zero-order valence-electron chi connectivity index (χ0n) is 11.5. The molecular formula is C15H16N4O. The lowest BCUT2D eigenvalue weighted by Crippen LogP contribution is -2.08. The van der Waals surface area contributed by atoms with Gasteiger partial charge in [-0.25, -0.2) is 9.97 Å². The van der Waals surface area contributed by atoms with Crippen molar-refractivity contribution in [2.45, 2.75) is 20.4 Å². The van der Waals surface area contributed by atoms with Crippen molar-refractivity contribution in [3.05, 3.63) is 30.1 Å². The zero-order chi connectivity index (χ0) is 14.3. The number of rotatable bonds is 3. The van der Waals surface area contributed by atoms with Gasteiger partial charge in [-0.2, -0.15) is 0 Å². The van der Waals surface area contributed by atoms with Gasteiger partial charge in [0.2, 0.25) is 0 Å². The van der Waals surface area contributed by atoms with Crippen molar-refractivity contribution < 1.29 is 4.79 Å². The van der Waals surface area contributed by atoms with Crippen LogP contribution in [0.4, 0.5) is 5.82 Å². The summed E-state index contributed by atoms with van der Waals surface area (Å²) in [6.07, 6.45) is 0.774. The van der Waals surface area contributed by atoms with Crippen LogP contribution < -0.4 is 5.73 Å². The molecule has 0 fully saturated rings. The number of carbonyl (C=O) groups is 1. The fourth-order valence-electron chi connectivity index (χ4n) is 2.52. The molecule has 0 unspecified atom stereocenters. The standard InChI is InChI=1S/C15H16N4O/c1-9(2)7-19-12(8-20)18-13-14(19)10-5-3-4-6-11(10)17-15(13)16/h3-6,8-9H,7H2,1-2H3,(H2,16,17). The Labute approximate surface area is 116 Å². The van der Waals surface area contributed by atoms with Crippen LogP contribution >= 0.6 is 0 Å². The fourth-order valence-corrected chi connectivity index (χ4v) is 2.52. The van der Waals surface area contributed by atoms with E-state index in [0.717, 1.165) is 29.3 Å². The highest BCUT2D eigenvalue weighted by molar-refractivity contribution is 6.07. The topological polar surface area (TPSA) is 73.8 Å². The molecule has 2 heterocycles. The predicted octanol–water partition coefficient (Wildman–Crippen LogP) is 2.64. The summed E-state index contributed by atoms with van der Waals surface area (Å²) < 4.78 is 1.94. The van der Waals surface area contributed by atoms with Crippen LogP contribution in [-0.2, 0) is 6.54 Å². The van der Waals surface area contributed by atoms with E-state index in [0.29, 0.717) is 23.1 Å². The predicted molar refractivity (Wildman–Crippen MR) is 79.7 cm³/mol. The summed E-state index contributed by atoms with van der Waals surface area (Å²) in [5, 5.41) is 0.970. The van der Waals surface area contributed by atoms with E-state index in [1.54, 1.807) is 0 Å². The van der Waals surface area contributed by atoms with Crippen LogP contribution in [0.3, 0.4) is 0 Å². The number of nitrogen functional groups attached to an aromatic ring is 1. The number of pyridine rings is 1. The normalized spacial score (nSPS) is 11.6. The van der Waals surface area contributed by atoms with Gasteiger partial charge in [-0.15, -0.1) is 0 Å². The third kappa shape index (κ3) is 1.82. The third-order valence-corrected chi connectivity index (χ3v) is 3.29. The SMILES string of the molecule is CC(C)Cn1c(C=O)nc2c(N)nc3ccccc3c21. The van der Waals surface area contributed by atoms with E-state index in [2.05, 4.69) is 23.8 Å². The molecule has 1 aromatic carbocycles. The van der Waals surface area contributed by atoms with Crippen molar-refractivity contribution in [2.75, 3.05) is 5.73 Å². The first kappa shape index (κ1) is 12.6. The number of anilines is 1. The first-order valence-corrected chi connectivity index (χ1v) is 6.61. The molecule has 0 aliphatic rings. The molecule has 0 saturated carbocycles. The smallest absolute Gasteiger partial charge is 0.185 e. The average Bonchev–Trinajstić information content (AvgIpc) is 2.78. The van der Waals surface area contributed by atoms with E-state index in [9.17, 15) is 4.79 Å². The monoisotopic (exact) mass is 268 g/mol. The summed E-state index contributed by atoms with van der Waals surface area (Å²) >= 11 is 0. The molecule has 0 radical (unpaired) electrons. The van der Waals surface area contributed by atoms with Gasteiger partial charge >= 0.3 is 0 Å². The molecular weight excluding hydrogens is 252 g/mol. The molecule has 102 valence electrons. The number of aldehydes is 1. The van der Waals surface area contributed by atoms with Gasteiger partial charge in [0.25, 0.3) is 0 Å². The largest absolute Gasteiger partial charge is 0.382 e. The Morgan fingerprint density at radius 1 is 1.30 bits per heavy atom. The molecule has 0 aliphatic heterocycles. The van der Waals surface area contributed by atoms with E-state index in [-0.39, 0.29) is 0 Å². The van der Waals surface area contributed by atoms with Crippen LogP contribution in [-0.4, -0.2) is 20.8 Å². The maximum absolute atomic E-state index is 11.3. The number of fused-ring (bicyclic) bond motifs is 3. The number of imidazole rings is 1. The number of hydrogen-bond donors (Lipinski definition) is 1. The van der Waals surface area contributed by atoms with Crippen LogP contribution in [0.5, 0.6) is 0 Å². The van der Waals surface area contributed by atoms with Gasteiger partial charge in [0.05, 0.1) is 11.0 Å². The van der Waals surface area contributed by atoms with Gasteiger partial charge in [0.15, 0.2) is 17.9 Å². The third-order valence-electron chi connectivity index (χ3n) is 3.29. The molecule has 0 atom stereocenters. The van der Waals surface area contributed by atoms with E-state index < -0.39 is 0 Å². The molecule has 3 rings (SSSR count). The Morgan fingerprint density at radius 2 is 2.05 bits per heavy atom. The quantitative estimate of drug-likeness (QED) is 0.741. The number of aromatic nitrogens is 3. The molecule has 0 aliphatic carbocycles. The van der Waals surface area contributed by atoms with Gasteiger partial charge < -0.3 is 10.3 Å². The number of carbonyl (C=O) groups excluding carboxylic acids is 1. The first-order chi connectivity index (χ1) is 9.61. The van der Waals surface area contributed by atoms with Gasteiger partial charge in [-0.05, 0) is 12.0 Å². The number of para-hydroxylation sites is 1. The number of benzene rings is 1. The van der Waals surface area contributed by atoms with Gasteiger partial charge in [0, 0.05) is 11.9 Å². The molecule has 3 aromatic rings. The van der Waals surface area contributed by atoms with Gasteiger partial charge in [-0.1, -0.05) is 32.0 Å². The lowest BCUT2D eigenvalue weighted by molar-refractivity contribution is 0.111. The van der Waals surface area contributed by atoms with Crippen molar-refractivity contribution in [3.63, 3.8) is 0 Å². The summed E-state index contributed by atoms with van der Waals surface area (Å²) in [7, 11) is 0. The van der Waals surface area contributed by atoms with Crippen LogP contribution in [0.1, 0.15) is 24.5 Å². The fraction of sp³-hybridized carbons (Fsp3) is 0.267. The second kappa shape index (κ2) is 4.59. The summed E-state index contributed by atoms with van der Waals surface area (Å²) in [6, 6.07) is 7.77. The molecule has 0 spiro atoms. The molecule has 0 saturated heterocycles. The van der Waals surface area contributed by atoms with Crippen molar-refractivity contribution in [1.82, 2.24) is 14.5 Å². The highest BCUT2D eigenvalue weighted by Crippen LogP contribution is 2.28. The first-order valence-electron chi connectivity index (χ1n) is 6.61. The molecule has 0 bridgehead atoms. The summed E-state index contributed by atoms with van der Waals surface area (Å²) in [6.45, 7) is 4.93. The van der Waals surface area contributed by atoms with Gasteiger partial charge in [-0.3, -0.25) is 4.79 Å². The van der Waals surface area contributed by atoms with Crippen molar-refractivity contribution >= 4 is 34.0 Å². The minimum absolute atomic E-state index is 0.365. The summed E-state index contributed by atoms with van der Waals surface area (Å²) in [5.74, 6) is 1.17. The molecule has 0 amide bonds. The zero-order valence-corrected chi connectivity index (χ0v) is 11.5. The summed E-state index contributed by atoms with van der Waals surface area (Å²) in [5.41, 5.74) is 8.30. The maximum Gasteiger partial charge on any atom is 0.185 e. The second-order valence-electron chi connectivity index (χ2n) is 5.30. The molecule has 2 aromatic heterocycles. The number of nitrogens with two attached hydrogens (primary N) is 1. The van der Waals surface area contributed by atoms with Crippen molar-refractivity contribution in [2.24, 2.45) is 5.92 Å². The van der Waals surface area contributed by atoms with E-state index in [1.807, 2.05) is 28.8 Å². The highest BCUT2D eigenvalue weighted by Gasteiger charge is 2.17. The average molecular weight is 268 g/mol. The minimum atomic E-state index is 0.365. The van der Waals surface area contributed by atoms with E-state index in [4.69, 9.17) is 5.73 Å². The van der Waals surface area contributed by atoms with Gasteiger partial charge in [0.1, 0.15) is 5.52 Å². The number of hydrogen-bond acceptors (Lipinski definition) is 4. The Morgan fingerprint density at radius 3 is 2.75 bits per heavy atom. The summed E-state index contributed by atoms with van der Waals surface area (Å²) in [4.78, 5) is 20.0.